The summed E-state index contributed by atoms with van der Waals surface area (Å²) in [5.74, 6) is 0.129. The maximum atomic E-state index is 13.1. The highest BCUT2D eigenvalue weighted by Crippen LogP contribution is 2.36. The zero-order chi connectivity index (χ0) is 22.9. The van der Waals surface area contributed by atoms with Gasteiger partial charge in [-0.05, 0) is 43.2 Å². The number of anilines is 1. The molecule has 0 atom stereocenters. The first-order chi connectivity index (χ1) is 16.0. The third-order valence-corrected chi connectivity index (χ3v) is 7.70. The molecule has 10 heteroatoms. The molecule has 2 saturated heterocycles. The van der Waals surface area contributed by atoms with Crippen LogP contribution in [0.15, 0.2) is 36.4 Å². The molecule has 0 spiro atoms. The van der Waals surface area contributed by atoms with Gasteiger partial charge in [0.05, 0.1) is 33.4 Å². The number of rotatable bonds is 4. The minimum absolute atomic E-state index is 0.0363. The van der Waals surface area contributed by atoms with Crippen LogP contribution in [-0.4, -0.2) is 60.1 Å². The van der Waals surface area contributed by atoms with Crippen LogP contribution in [0, 0.1) is 10.1 Å². The Morgan fingerprint density at radius 2 is 1.88 bits per heavy atom. The molecule has 0 saturated carbocycles. The number of thiazole rings is 1. The molecular formula is C23H23ClN4O4S. The zero-order valence-electron chi connectivity index (χ0n) is 17.9. The van der Waals surface area contributed by atoms with Crippen molar-refractivity contribution < 1.29 is 14.5 Å². The first-order valence-corrected chi connectivity index (χ1v) is 12.2. The number of hydrogen-bond donors (Lipinski definition) is 0. The number of benzene rings is 2. The van der Waals surface area contributed by atoms with E-state index in [4.69, 9.17) is 21.3 Å². The van der Waals surface area contributed by atoms with Gasteiger partial charge in [-0.3, -0.25) is 14.9 Å². The van der Waals surface area contributed by atoms with Crippen molar-refractivity contribution in [1.29, 1.82) is 0 Å². The maximum Gasteiger partial charge on any atom is 0.293 e. The highest BCUT2D eigenvalue weighted by atomic mass is 35.5. The fourth-order valence-corrected chi connectivity index (χ4v) is 5.76. The van der Waals surface area contributed by atoms with Gasteiger partial charge in [-0.2, -0.15) is 0 Å². The van der Waals surface area contributed by atoms with E-state index in [-0.39, 0.29) is 11.6 Å². The van der Waals surface area contributed by atoms with E-state index in [1.165, 1.54) is 6.07 Å². The van der Waals surface area contributed by atoms with E-state index in [2.05, 4.69) is 0 Å². The average molecular weight is 487 g/mol. The van der Waals surface area contributed by atoms with E-state index in [0.29, 0.717) is 61.6 Å². The number of carbonyl (C=O) groups is 1. The summed E-state index contributed by atoms with van der Waals surface area (Å²) in [7, 11) is 0. The molecular weight excluding hydrogens is 464 g/mol. The summed E-state index contributed by atoms with van der Waals surface area (Å²) in [5, 5.41) is 13.5. The summed E-state index contributed by atoms with van der Waals surface area (Å²) >= 11 is 7.76. The third kappa shape index (κ3) is 4.53. The van der Waals surface area contributed by atoms with Crippen LogP contribution in [0.3, 0.4) is 0 Å². The number of nitro benzene ring substituents is 1. The predicted molar refractivity (Wildman–Crippen MR) is 129 cm³/mol. The average Bonchev–Trinajstić information content (AvgIpc) is 3.27. The van der Waals surface area contributed by atoms with Crippen LogP contribution < -0.4 is 4.90 Å². The second-order valence-corrected chi connectivity index (χ2v) is 9.79. The van der Waals surface area contributed by atoms with Crippen molar-refractivity contribution in [3.63, 3.8) is 0 Å². The SMILES string of the molecule is O=C(c1ccc(N2CCOCC2)c([N+](=O)[O-])c1)N1CCC(c2nc3cc(Cl)ccc3s2)CC1. The van der Waals surface area contributed by atoms with Crippen LogP contribution in [0.5, 0.6) is 0 Å². The Hall–Kier alpha value is -2.75. The number of nitrogens with zero attached hydrogens (tertiary/aromatic N) is 4. The van der Waals surface area contributed by atoms with Gasteiger partial charge in [-0.25, -0.2) is 4.98 Å². The molecule has 0 radical (unpaired) electrons. The van der Waals surface area contributed by atoms with Crippen LogP contribution >= 0.6 is 22.9 Å². The molecule has 0 bridgehead atoms. The fraction of sp³-hybridized carbons (Fsp3) is 0.391. The lowest BCUT2D eigenvalue weighted by Crippen LogP contribution is -2.38. The number of piperidine rings is 1. The smallest absolute Gasteiger partial charge is 0.293 e. The van der Waals surface area contributed by atoms with Gasteiger partial charge in [0, 0.05) is 48.7 Å². The van der Waals surface area contributed by atoms with Crippen molar-refractivity contribution in [2.75, 3.05) is 44.3 Å². The van der Waals surface area contributed by atoms with Crippen LogP contribution in [0.2, 0.25) is 5.02 Å². The maximum absolute atomic E-state index is 13.1. The number of nitro groups is 1. The molecule has 3 aromatic rings. The Balaban J connectivity index is 1.29. The van der Waals surface area contributed by atoms with Crippen molar-refractivity contribution in [3.8, 4) is 0 Å². The minimum atomic E-state index is -0.410. The highest BCUT2D eigenvalue weighted by Gasteiger charge is 2.29. The standard InChI is InChI=1S/C23H23ClN4O4S/c24-17-2-4-21-18(14-17)25-22(33-21)15-5-7-27(8-6-15)23(29)16-1-3-19(20(13-16)28(30)31)26-9-11-32-12-10-26/h1-4,13-15H,5-12H2. The number of halogens is 1. The van der Waals surface area contributed by atoms with Gasteiger partial charge in [0.25, 0.3) is 11.6 Å². The molecule has 0 N–H and O–H groups in total. The fourth-order valence-electron chi connectivity index (χ4n) is 4.48. The van der Waals surface area contributed by atoms with Gasteiger partial charge in [0.15, 0.2) is 0 Å². The second kappa shape index (κ2) is 9.24. The van der Waals surface area contributed by atoms with Crippen molar-refractivity contribution >= 4 is 50.4 Å². The van der Waals surface area contributed by atoms with Gasteiger partial charge in [0.2, 0.25) is 0 Å². The Morgan fingerprint density at radius 1 is 1.12 bits per heavy atom. The van der Waals surface area contributed by atoms with E-state index in [0.717, 1.165) is 28.1 Å². The molecule has 0 aliphatic carbocycles. The van der Waals surface area contributed by atoms with E-state index in [1.54, 1.807) is 28.4 Å². The summed E-state index contributed by atoms with van der Waals surface area (Å²) in [6.07, 6.45) is 1.63. The lowest BCUT2D eigenvalue weighted by Gasteiger charge is -2.31. The minimum Gasteiger partial charge on any atom is -0.378 e. The second-order valence-electron chi connectivity index (χ2n) is 8.29. The Kier molecular flexibility index (Phi) is 6.18. The molecule has 1 amide bonds. The monoisotopic (exact) mass is 486 g/mol. The topological polar surface area (TPSA) is 88.8 Å². The Bertz CT molecular complexity index is 1200. The zero-order valence-corrected chi connectivity index (χ0v) is 19.5. The summed E-state index contributed by atoms with van der Waals surface area (Å²) < 4.78 is 6.46. The van der Waals surface area contributed by atoms with Crippen molar-refractivity contribution in [1.82, 2.24) is 9.88 Å². The van der Waals surface area contributed by atoms with Gasteiger partial charge >= 0.3 is 0 Å². The van der Waals surface area contributed by atoms with Gasteiger partial charge in [-0.15, -0.1) is 11.3 Å². The van der Waals surface area contributed by atoms with Crippen LogP contribution in [0.1, 0.15) is 34.1 Å². The lowest BCUT2D eigenvalue weighted by molar-refractivity contribution is -0.384. The van der Waals surface area contributed by atoms with Gasteiger partial charge < -0.3 is 14.5 Å². The van der Waals surface area contributed by atoms with Gasteiger partial charge in [-0.1, -0.05) is 11.6 Å². The van der Waals surface area contributed by atoms with Crippen molar-refractivity contribution in [2.45, 2.75) is 18.8 Å². The Labute approximate surface area is 199 Å². The number of likely N-dealkylation sites (tertiary alicyclic amines) is 1. The van der Waals surface area contributed by atoms with Crippen LogP contribution in [0.4, 0.5) is 11.4 Å². The van der Waals surface area contributed by atoms with E-state index in [9.17, 15) is 14.9 Å². The van der Waals surface area contributed by atoms with Crippen LogP contribution in [0.25, 0.3) is 10.2 Å². The summed E-state index contributed by atoms with van der Waals surface area (Å²) in [5.41, 5.74) is 1.76. The van der Waals surface area contributed by atoms with Gasteiger partial charge in [0.1, 0.15) is 5.69 Å². The highest BCUT2D eigenvalue weighted by molar-refractivity contribution is 7.18. The van der Waals surface area contributed by atoms with Crippen molar-refractivity contribution in [2.24, 2.45) is 0 Å². The molecule has 3 heterocycles. The molecule has 172 valence electrons. The molecule has 2 aromatic carbocycles. The predicted octanol–water partition coefficient (Wildman–Crippen LogP) is 4.71. The molecule has 0 unspecified atom stereocenters. The van der Waals surface area contributed by atoms with E-state index >= 15 is 0 Å². The first-order valence-electron chi connectivity index (χ1n) is 11.0. The quantitative estimate of drug-likeness (QED) is 0.392. The molecule has 1 aromatic heterocycles. The molecule has 8 nitrogen and oxygen atoms in total. The molecule has 2 aliphatic rings. The summed E-state index contributed by atoms with van der Waals surface area (Å²) in [6, 6.07) is 10.5. The first kappa shape index (κ1) is 22.1. The lowest BCUT2D eigenvalue weighted by atomic mass is 9.97. The number of morpholine rings is 1. The van der Waals surface area contributed by atoms with Crippen LogP contribution in [-0.2, 0) is 4.74 Å². The molecule has 5 rings (SSSR count). The number of aromatic nitrogens is 1. The van der Waals surface area contributed by atoms with E-state index < -0.39 is 4.92 Å². The molecule has 33 heavy (non-hydrogen) atoms. The number of fused-ring (bicyclic) bond motifs is 1. The number of amides is 1. The number of hydrogen-bond acceptors (Lipinski definition) is 7. The van der Waals surface area contributed by atoms with E-state index in [1.807, 2.05) is 23.1 Å². The largest absolute Gasteiger partial charge is 0.378 e. The summed E-state index contributed by atoms with van der Waals surface area (Å²) in [6.45, 7) is 3.46. The number of carbonyl (C=O) groups excluding carboxylic acids is 1. The molecule has 2 fully saturated rings. The summed E-state index contributed by atoms with van der Waals surface area (Å²) in [4.78, 5) is 32.9. The Morgan fingerprint density at radius 3 is 2.61 bits per heavy atom. The number of ether oxygens (including phenoxy) is 1. The molecule has 2 aliphatic heterocycles. The van der Waals surface area contributed by atoms with Crippen molar-refractivity contribution in [3.05, 3.63) is 62.1 Å². The third-order valence-electron chi connectivity index (χ3n) is 6.27. The normalized spacial score (nSPS) is 17.5.